The second-order valence-corrected chi connectivity index (χ2v) is 4.82. The Balaban J connectivity index is 1.86. The molecule has 0 radical (unpaired) electrons. The summed E-state index contributed by atoms with van der Waals surface area (Å²) in [5.41, 5.74) is 0. The van der Waals surface area contributed by atoms with Crippen LogP contribution in [-0.4, -0.2) is 46.7 Å². The van der Waals surface area contributed by atoms with Crippen LogP contribution in [0.5, 0.6) is 5.75 Å². The second-order valence-electron chi connectivity index (χ2n) is 4.82. The maximum Gasteiger partial charge on any atom is 0.409 e. The molecule has 2 amide bonds. The van der Waals surface area contributed by atoms with Gasteiger partial charge in [0, 0.05) is 25.2 Å². The number of pyridine rings is 1. The summed E-state index contributed by atoms with van der Waals surface area (Å²) < 4.78 is 4.93. The molecule has 0 atom stereocenters. The number of rotatable bonds is 3. The van der Waals surface area contributed by atoms with Crippen molar-refractivity contribution in [1.29, 1.82) is 0 Å². The SMILES string of the molecule is CCOC(=O)N1CCC(C(=O)Nc2ncccc2O)CC1. The largest absolute Gasteiger partial charge is 0.504 e. The summed E-state index contributed by atoms with van der Waals surface area (Å²) in [4.78, 5) is 29.2. The second kappa shape index (κ2) is 6.92. The third-order valence-corrected chi connectivity index (χ3v) is 3.42. The molecule has 21 heavy (non-hydrogen) atoms. The quantitative estimate of drug-likeness (QED) is 0.883. The number of anilines is 1. The third-order valence-electron chi connectivity index (χ3n) is 3.42. The Bertz CT molecular complexity index is 513. The van der Waals surface area contributed by atoms with E-state index in [1.54, 1.807) is 17.9 Å². The lowest BCUT2D eigenvalue weighted by Gasteiger charge is -2.30. The predicted molar refractivity (Wildman–Crippen MR) is 75.9 cm³/mol. The maximum absolute atomic E-state index is 12.1. The smallest absolute Gasteiger partial charge is 0.409 e. The summed E-state index contributed by atoms with van der Waals surface area (Å²) in [6.07, 6.45) is 2.30. The Hall–Kier alpha value is -2.31. The molecule has 2 N–H and O–H groups in total. The average molecular weight is 293 g/mol. The molecule has 2 heterocycles. The van der Waals surface area contributed by atoms with Crippen LogP contribution in [0, 0.1) is 5.92 Å². The number of nitrogens with zero attached hydrogens (tertiary/aromatic N) is 2. The lowest BCUT2D eigenvalue weighted by molar-refractivity contribution is -0.121. The lowest BCUT2D eigenvalue weighted by Crippen LogP contribution is -2.41. The summed E-state index contributed by atoms with van der Waals surface area (Å²) in [6.45, 7) is 3.09. The summed E-state index contributed by atoms with van der Waals surface area (Å²) >= 11 is 0. The minimum absolute atomic E-state index is 0.0604. The van der Waals surface area contributed by atoms with E-state index in [-0.39, 0.29) is 29.5 Å². The van der Waals surface area contributed by atoms with Crippen LogP contribution in [0.2, 0.25) is 0 Å². The molecule has 1 aromatic rings. The molecule has 1 aliphatic rings. The number of aromatic hydroxyl groups is 1. The fourth-order valence-electron chi connectivity index (χ4n) is 2.25. The molecule has 2 rings (SSSR count). The molecule has 114 valence electrons. The van der Waals surface area contributed by atoms with Crippen molar-refractivity contribution in [3.8, 4) is 5.75 Å². The zero-order valence-electron chi connectivity index (χ0n) is 11.9. The van der Waals surface area contributed by atoms with Gasteiger partial charge in [0.05, 0.1) is 6.61 Å². The highest BCUT2D eigenvalue weighted by Crippen LogP contribution is 2.23. The highest BCUT2D eigenvalue weighted by atomic mass is 16.6. The number of piperidine rings is 1. The number of hydrogen-bond donors (Lipinski definition) is 2. The number of amides is 2. The molecule has 0 unspecified atom stereocenters. The van der Waals surface area contributed by atoms with Crippen LogP contribution in [0.3, 0.4) is 0 Å². The lowest BCUT2D eigenvalue weighted by atomic mass is 9.96. The predicted octanol–water partition coefficient (Wildman–Crippen LogP) is 1.59. The van der Waals surface area contributed by atoms with Gasteiger partial charge in [0.25, 0.3) is 0 Å². The molecule has 7 nitrogen and oxygen atoms in total. The molecule has 1 aliphatic heterocycles. The van der Waals surface area contributed by atoms with Gasteiger partial charge in [0.1, 0.15) is 0 Å². The Kier molecular flexibility index (Phi) is 4.97. The van der Waals surface area contributed by atoms with Crippen LogP contribution in [0.4, 0.5) is 10.6 Å². The highest BCUT2D eigenvalue weighted by molar-refractivity contribution is 5.92. The summed E-state index contributed by atoms with van der Waals surface area (Å²) in [7, 11) is 0. The zero-order chi connectivity index (χ0) is 15.2. The minimum atomic E-state index is -0.335. The summed E-state index contributed by atoms with van der Waals surface area (Å²) in [5.74, 6) is -0.283. The number of aromatic nitrogens is 1. The molecule has 0 saturated carbocycles. The van der Waals surface area contributed by atoms with Crippen molar-refractivity contribution in [3.63, 3.8) is 0 Å². The average Bonchev–Trinajstić information content (AvgIpc) is 2.50. The van der Waals surface area contributed by atoms with Crippen molar-refractivity contribution in [2.75, 3.05) is 25.0 Å². The van der Waals surface area contributed by atoms with Crippen molar-refractivity contribution in [2.45, 2.75) is 19.8 Å². The Morgan fingerprint density at radius 2 is 2.19 bits per heavy atom. The van der Waals surface area contributed by atoms with E-state index < -0.39 is 0 Å². The van der Waals surface area contributed by atoms with E-state index >= 15 is 0 Å². The first-order valence-corrected chi connectivity index (χ1v) is 6.98. The van der Waals surface area contributed by atoms with Gasteiger partial charge >= 0.3 is 6.09 Å². The van der Waals surface area contributed by atoms with Gasteiger partial charge in [-0.1, -0.05) is 0 Å². The van der Waals surface area contributed by atoms with E-state index in [4.69, 9.17) is 4.74 Å². The van der Waals surface area contributed by atoms with Gasteiger partial charge in [-0.2, -0.15) is 0 Å². The Labute approximate surface area is 122 Å². The first-order chi connectivity index (χ1) is 10.1. The molecule has 7 heteroatoms. The van der Waals surface area contributed by atoms with Crippen LogP contribution in [0.25, 0.3) is 0 Å². The number of hydrogen-bond acceptors (Lipinski definition) is 5. The fourth-order valence-corrected chi connectivity index (χ4v) is 2.25. The zero-order valence-corrected chi connectivity index (χ0v) is 11.9. The molecule has 0 aliphatic carbocycles. The van der Waals surface area contributed by atoms with Gasteiger partial charge in [0.2, 0.25) is 5.91 Å². The van der Waals surface area contributed by atoms with E-state index in [9.17, 15) is 14.7 Å². The maximum atomic E-state index is 12.1. The number of ether oxygens (including phenoxy) is 1. The van der Waals surface area contributed by atoms with Crippen LogP contribution >= 0.6 is 0 Å². The fraction of sp³-hybridized carbons (Fsp3) is 0.500. The van der Waals surface area contributed by atoms with Gasteiger partial charge < -0.3 is 20.1 Å². The van der Waals surface area contributed by atoms with E-state index in [1.165, 1.54) is 12.3 Å². The number of nitrogens with one attached hydrogen (secondary N) is 1. The van der Waals surface area contributed by atoms with Gasteiger partial charge in [-0.25, -0.2) is 9.78 Å². The Morgan fingerprint density at radius 1 is 1.48 bits per heavy atom. The topological polar surface area (TPSA) is 91.8 Å². The Morgan fingerprint density at radius 3 is 2.81 bits per heavy atom. The van der Waals surface area contributed by atoms with Gasteiger partial charge in [0.15, 0.2) is 11.6 Å². The molecule has 0 aromatic carbocycles. The summed E-state index contributed by atoms with van der Waals surface area (Å²) in [5, 5.41) is 12.2. The van der Waals surface area contributed by atoms with Crippen LogP contribution in [-0.2, 0) is 9.53 Å². The van der Waals surface area contributed by atoms with Crippen molar-refractivity contribution in [1.82, 2.24) is 9.88 Å². The molecule has 1 aromatic heterocycles. The van der Waals surface area contributed by atoms with E-state index in [1.807, 2.05) is 0 Å². The van der Waals surface area contributed by atoms with Gasteiger partial charge in [-0.05, 0) is 31.9 Å². The molecular weight excluding hydrogens is 274 g/mol. The van der Waals surface area contributed by atoms with Crippen molar-refractivity contribution < 1.29 is 19.4 Å². The summed E-state index contributed by atoms with van der Waals surface area (Å²) in [6, 6.07) is 3.05. The molecule has 1 fully saturated rings. The number of carbonyl (C=O) groups excluding carboxylic acids is 2. The number of likely N-dealkylation sites (tertiary alicyclic amines) is 1. The van der Waals surface area contributed by atoms with E-state index in [0.29, 0.717) is 32.5 Å². The first-order valence-electron chi connectivity index (χ1n) is 6.98. The third kappa shape index (κ3) is 3.84. The highest BCUT2D eigenvalue weighted by Gasteiger charge is 2.28. The van der Waals surface area contributed by atoms with Crippen LogP contribution in [0.1, 0.15) is 19.8 Å². The van der Waals surface area contributed by atoms with Crippen molar-refractivity contribution in [2.24, 2.45) is 5.92 Å². The van der Waals surface area contributed by atoms with Gasteiger partial charge in [-0.15, -0.1) is 0 Å². The van der Waals surface area contributed by atoms with Gasteiger partial charge in [-0.3, -0.25) is 4.79 Å². The van der Waals surface area contributed by atoms with E-state index in [0.717, 1.165) is 0 Å². The molecular formula is C14H19N3O4. The standard InChI is InChI=1S/C14H19N3O4/c1-2-21-14(20)17-8-5-10(6-9-17)13(19)16-12-11(18)4-3-7-15-12/h3-4,7,10,18H,2,5-6,8-9H2,1H3,(H,15,16,19). The minimum Gasteiger partial charge on any atom is -0.504 e. The van der Waals surface area contributed by atoms with Crippen molar-refractivity contribution >= 4 is 17.8 Å². The first kappa shape index (κ1) is 15.1. The molecule has 0 bridgehead atoms. The van der Waals surface area contributed by atoms with Crippen LogP contribution in [0.15, 0.2) is 18.3 Å². The molecule has 0 spiro atoms. The number of carbonyl (C=O) groups is 2. The van der Waals surface area contributed by atoms with Crippen molar-refractivity contribution in [3.05, 3.63) is 18.3 Å². The monoisotopic (exact) mass is 293 g/mol. The van der Waals surface area contributed by atoms with E-state index in [2.05, 4.69) is 10.3 Å². The van der Waals surface area contributed by atoms with Crippen LogP contribution < -0.4 is 5.32 Å². The molecule has 1 saturated heterocycles. The normalized spacial score (nSPS) is 15.6.